The Morgan fingerprint density at radius 1 is 1.17 bits per heavy atom. The first-order valence-electron chi connectivity index (χ1n) is 4.91. The Morgan fingerprint density at radius 2 is 1.75 bits per heavy atom. The fraction of sp³-hybridized carbons (Fsp3) is 1.00. The maximum absolute atomic E-state index is 9.33. The summed E-state index contributed by atoms with van der Waals surface area (Å²) in [6.07, 6.45) is 4.71. The summed E-state index contributed by atoms with van der Waals surface area (Å²) >= 11 is 0. The van der Waals surface area contributed by atoms with Crippen LogP contribution in [-0.2, 0) is 4.74 Å². The average molecular weight is 170 g/mol. The first-order valence-corrected chi connectivity index (χ1v) is 4.91. The molecule has 2 aliphatic rings. The summed E-state index contributed by atoms with van der Waals surface area (Å²) in [6, 6.07) is 0. The second-order valence-electron chi connectivity index (χ2n) is 4.61. The lowest BCUT2D eigenvalue weighted by atomic mass is 9.69. The van der Waals surface area contributed by atoms with Crippen LogP contribution in [0, 0.1) is 10.8 Å². The van der Waals surface area contributed by atoms with E-state index in [0.29, 0.717) is 12.0 Å². The molecule has 2 fully saturated rings. The van der Waals surface area contributed by atoms with E-state index in [-0.39, 0.29) is 5.41 Å². The third-order valence-corrected chi connectivity index (χ3v) is 4.03. The molecule has 0 unspecified atom stereocenters. The molecule has 0 amide bonds. The number of ether oxygens (including phenoxy) is 1. The smallest absolute Gasteiger partial charge is 0.0492 e. The molecule has 2 nitrogen and oxygen atoms in total. The van der Waals surface area contributed by atoms with Gasteiger partial charge in [0, 0.05) is 19.8 Å². The average Bonchev–Trinajstić information content (AvgIpc) is 2.86. The molecule has 1 heterocycles. The van der Waals surface area contributed by atoms with Crippen molar-refractivity contribution in [3.63, 3.8) is 0 Å². The molecule has 1 saturated carbocycles. The first-order chi connectivity index (χ1) is 5.72. The molecule has 12 heavy (non-hydrogen) atoms. The van der Waals surface area contributed by atoms with Gasteiger partial charge in [-0.2, -0.15) is 0 Å². The van der Waals surface area contributed by atoms with Gasteiger partial charge >= 0.3 is 0 Å². The van der Waals surface area contributed by atoms with E-state index < -0.39 is 0 Å². The number of hydrogen-bond donors (Lipinski definition) is 1. The molecule has 2 heteroatoms. The lowest BCUT2D eigenvalue weighted by Gasteiger charge is -2.40. The molecular formula is C10H18O2. The van der Waals surface area contributed by atoms with Crippen LogP contribution in [0.5, 0.6) is 0 Å². The van der Waals surface area contributed by atoms with Crippen LogP contribution in [0.4, 0.5) is 0 Å². The molecule has 0 aromatic rings. The van der Waals surface area contributed by atoms with Crippen molar-refractivity contribution >= 4 is 0 Å². The zero-order valence-corrected chi connectivity index (χ0v) is 7.81. The number of aliphatic hydroxyl groups is 1. The molecule has 0 aromatic carbocycles. The monoisotopic (exact) mass is 170 g/mol. The summed E-state index contributed by atoms with van der Waals surface area (Å²) in [5.74, 6) is 0. The minimum Gasteiger partial charge on any atom is -0.396 e. The summed E-state index contributed by atoms with van der Waals surface area (Å²) in [4.78, 5) is 0. The van der Waals surface area contributed by atoms with Crippen molar-refractivity contribution in [2.45, 2.75) is 32.6 Å². The molecule has 1 saturated heterocycles. The van der Waals surface area contributed by atoms with E-state index in [9.17, 15) is 5.11 Å². The van der Waals surface area contributed by atoms with Crippen molar-refractivity contribution in [1.82, 2.24) is 0 Å². The largest absolute Gasteiger partial charge is 0.396 e. The zero-order valence-electron chi connectivity index (χ0n) is 7.81. The molecule has 1 N–H and O–H groups in total. The van der Waals surface area contributed by atoms with Crippen LogP contribution in [0.15, 0.2) is 0 Å². The second kappa shape index (κ2) is 2.71. The molecule has 0 atom stereocenters. The maximum Gasteiger partial charge on any atom is 0.0492 e. The summed E-state index contributed by atoms with van der Waals surface area (Å²) < 4.78 is 5.35. The zero-order chi connectivity index (χ0) is 8.66. The summed E-state index contributed by atoms with van der Waals surface area (Å²) in [7, 11) is 0. The van der Waals surface area contributed by atoms with E-state index in [0.717, 1.165) is 26.1 Å². The van der Waals surface area contributed by atoms with Crippen molar-refractivity contribution in [3.05, 3.63) is 0 Å². The Hall–Kier alpha value is -0.0800. The minimum atomic E-state index is 0.275. The molecule has 2 rings (SSSR count). The van der Waals surface area contributed by atoms with Crippen LogP contribution in [0.3, 0.4) is 0 Å². The van der Waals surface area contributed by atoms with Crippen molar-refractivity contribution in [2.75, 3.05) is 19.8 Å². The quantitative estimate of drug-likeness (QED) is 0.681. The lowest BCUT2D eigenvalue weighted by molar-refractivity contribution is -0.0340. The van der Waals surface area contributed by atoms with Gasteiger partial charge in [0.05, 0.1) is 0 Å². The summed E-state index contributed by atoms with van der Waals surface area (Å²) in [5, 5.41) is 9.33. The Bertz CT molecular complexity index is 167. The SMILES string of the molecule is CC1(C2(CO)CC2)CCOCC1. The normalized spacial score (nSPS) is 31.5. The van der Waals surface area contributed by atoms with Gasteiger partial charge in [-0.25, -0.2) is 0 Å². The van der Waals surface area contributed by atoms with E-state index in [4.69, 9.17) is 4.74 Å². The van der Waals surface area contributed by atoms with Crippen LogP contribution in [0.1, 0.15) is 32.6 Å². The first kappa shape index (κ1) is 8.52. The maximum atomic E-state index is 9.33. The van der Waals surface area contributed by atoms with Crippen LogP contribution in [-0.4, -0.2) is 24.9 Å². The lowest BCUT2D eigenvalue weighted by Crippen LogP contribution is -2.37. The van der Waals surface area contributed by atoms with E-state index in [1.807, 2.05) is 0 Å². The van der Waals surface area contributed by atoms with Crippen LogP contribution < -0.4 is 0 Å². The highest BCUT2D eigenvalue weighted by Crippen LogP contribution is 2.61. The highest BCUT2D eigenvalue weighted by molar-refractivity contribution is 5.05. The molecule has 0 spiro atoms. The van der Waals surface area contributed by atoms with E-state index in [1.54, 1.807) is 0 Å². The topological polar surface area (TPSA) is 29.5 Å². The molecule has 1 aliphatic heterocycles. The van der Waals surface area contributed by atoms with Crippen molar-refractivity contribution in [3.8, 4) is 0 Å². The Labute approximate surface area is 73.9 Å². The van der Waals surface area contributed by atoms with Gasteiger partial charge in [-0.1, -0.05) is 6.92 Å². The van der Waals surface area contributed by atoms with E-state index in [1.165, 1.54) is 12.8 Å². The molecule has 1 aliphatic carbocycles. The number of rotatable bonds is 2. The van der Waals surface area contributed by atoms with Gasteiger partial charge in [-0.15, -0.1) is 0 Å². The van der Waals surface area contributed by atoms with Crippen molar-refractivity contribution in [1.29, 1.82) is 0 Å². The Morgan fingerprint density at radius 3 is 2.17 bits per heavy atom. The van der Waals surface area contributed by atoms with Gasteiger partial charge in [0.1, 0.15) is 0 Å². The minimum absolute atomic E-state index is 0.275. The number of hydrogen-bond acceptors (Lipinski definition) is 2. The van der Waals surface area contributed by atoms with Crippen LogP contribution in [0.25, 0.3) is 0 Å². The predicted molar refractivity (Wildman–Crippen MR) is 46.9 cm³/mol. The predicted octanol–water partition coefficient (Wildman–Crippen LogP) is 1.58. The summed E-state index contributed by atoms with van der Waals surface area (Å²) in [6.45, 7) is 4.47. The highest BCUT2D eigenvalue weighted by Gasteiger charge is 2.56. The molecule has 0 aromatic heterocycles. The molecular weight excluding hydrogens is 152 g/mol. The number of aliphatic hydroxyl groups excluding tert-OH is 1. The van der Waals surface area contributed by atoms with E-state index >= 15 is 0 Å². The van der Waals surface area contributed by atoms with Gasteiger partial charge in [0.2, 0.25) is 0 Å². The summed E-state index contributed by atoms with van der Waals surface area (Å²) in [5.41, 5.74) is 0.636. The molecule has 70 valence electrons. The second-order valence-corrected chi connectivity index (χ2v) is 4.61. The third kappa shape index (κ3) is 1.09. The van der Waals surface area contributed by atoms with E-state index in [2.05, 4.69) is 6.92 Å². The standard InChI is InChI=1S/C10H18O2/c1-9(4-6-12-7-5-9)10(8-11)2-3-10/h11H,2-8H2,1H3. The fourth-order valence-corrected chi connectivity index (χ4v) is 2.46. The van der Waals surface area contributed by atoms with Gasteiger partial charge in [0.15, 0.2) is 0 Å². The van der Waals surface area contributed by atoms with Gasteiger partial charge < -0.3 is 9.84 Å². The highest BCUT2D eigenvalue weighted by atomic mass is 16.5. The van der Waals surface area contributed by atoms with Gasteiger partial charge in [0.25, 0.3) is 0 Å². The van der Waals surface area contributed by atoms with Crippen molar-refractivity contribution < 1.29 is 9.84 Å². The van der Waals surface area contributed by atoms with Crippen molar-refractivity contribution in [2.24, 2.45) is 10.8 Å². The van der Waals surface area contributed by atoms with Gasteiger partial charge in [-0.3, -0.25) is 0 Å². The fourth-order valence-electron chi connectivity index (χ4n) is 2.46. The molecule has 0 radical (unpaired) electrons. The van der Waals surface area contributed by atoms with Crippen LogP contribution in [0.2, 0.25) is 0 Å². The molecule has 0 bridgehead atoms. The Balaban J connectivity index is 2.08. The van der Waals surface area contributed by atoms with Gasteiger partial charge in [-0.05, 0) is 36.5 Å². The Kier molecular flexibility index (Phi) is 1.92. The van der Waals surface area contributed by atoms with Crippen LogP contribution >= 0.6 is 0 Å². The third-order valence-electron chi connectivity index (χ3n) is 4.03.